The van der Waals surface area contributed by atoms with E-state index >= 15 is 0 Å². The van der Waals surface area contributed by atoms with E-state index in [0.29, 0.717) is 19.4 Å². The van der Waals surface area contributed by atoms with Crippen molar-refractivity contribution in [3.05, 3.63) is 0 Å². The van der Waals surface area contributed by atoms with Crippen LogP contribution in [0, 0.1) is 0 Å². The summed E-state index contributed by atoms with van der Waals surface area (Å²) in [5.41, 5.74) is 5.26. The summed E-state index contributed by atoms with van der Waals surface area (Å²) in [6.07, 6.45) is 1.05. The molecule has 0 rings (SSSR count). The lowest BCUT2D eigenvalue weighted by molar-refractivity contribution is -0.121. The Bertz CT molecular complexity index is 117. The largest absolute Gasteiger partial charge is 0.394 e. The van der Waals surface area contributed by atoms with Crippen molar-refractivity contribution in [2.75, 3.05) is 20.3 Å². The molecule has 0 saturated heterocycles. The summed E-state index contributed by atoms with van der Waals surface area (Å²) in [6.45, 7) is 0.287. The lowest BCUT2D eigenvalue weighted by Gasteiger charge is -2.05. The Morgan fingerprint density at radius 1 is 1.67 bits per heavy atom. The molecule has 0 aliphatic carbocycles. The number of ether oxygens (including phenoxy) is 1. The zero-order chi connectivity index (χ0) is 8.69. The predicted octanol–water partition coefficient (Wildman–Crippen LogP) is -0.0622. The second kappa shape index (κ2) is 8.64. The lowest BCUT2D eigenvalue weighted by Crippen LogP contribution is -2.33. The van der Waals surface area contributed by atoms with Crippen molar-refractivity contribution in [2.45, 2.75) is 26.3 Å². The molecule has 4 nitrogen and oxygen atoms in total. The molecule has 0 aliphatic rings. The third-order valence-electron chi connectivity index (χ3n) is 1.38. The van der Waals surface area contributed by atoms with Crippen molar-refractivity contribution in [2.24, 2.45) is 5.73 Å². The number of ketones is 1. The van der Waals surface area contributed by atoms with Crippen LogP contribution in [0.2, 0.25) is 0 Å². The fraction of sp³-hybridized carbons (Fsp3) is 0.875. The van der Waals surface area contributed by atoms with E-state index in [1.165, 1.54) is 0 Å². The molecular formula is C8H19NO3. The third kappa shape index (κ3) is 6.27. The highest BCUT2D eigenvalue weighted by Crippen LogP contribution is 1.93. The Kier molecular flexibility index (Phi) is 10.2. The standard InChI is InChI=1S/C7H15NO3.CH4/c1-11-4-2-3-7(10)6(8)5-9;/h6,9H,2-5,8H2,1H3;1H4. The molecule has 3 N–H and O–H groups in total. The number of hydrogen-bond donors (Lipinski definition) is 2. The second-order valence-electron chi connectivity index (χ2n) is 2.35. The first-order chi connectivity index (χ1) is 5.22. The fourth-order valence-corrected chi connectivity index (χ4v) is 0.678. The Morgan fingerprint density at radius 2 is 2.25 bits per heavy atom. The zero-order valence-corrected chi connectivity index (χ0v) is 6.75. The van der Waals surface area contributed by atoms with Gasteiger partial charge in [-0.15, -0.1) is 0 Å². The van der Waals surface area contributed by atoms with Gasteiger partial charge in [0.25, 0.3) is 0 Å². The monoisotopic (exact) mass is 177 g/mol. The van der Waals surface area contributed by atoms with E-state index in [1.54, 1.807) is 7.11 Å². The van der Waals surface area contributed by atoms with Crippen LogP contribution >= 0.6 is 0 Å². The third-order valence-corrected chi connectivity index (χ3v) is 1.38. The van der Waals surface area contributed by atoms with Gasteiger partial charge >= 0.3 is 0 Å². The number of methoxy groups -OCH3 is 1. The highest BCUT2D eigenvalue weighted by molar-refractivity contribution is 5.83. The summed E-state index contributed by atoms with van der Waals surface area (Å²) < 4.78 is 4.75. The van der Waals surface area contributed by atoms with E-state index in [0.717, 1.165) is 0 Å². The smallest absolute Gasteiger partial charge is 0.151 e. The van der Waals surface area contributed by atoms with Crippen LogP contribution in [0.3, 0.4) is 0 Å². The summed E-state index contributed by atoms with van der Waals surface area (Å²) in [7, 11) is 1.58. The molecule has 0 saturated carbocycles. The molecule has 12 heavy (non-hydrogen) atoms. The topological polar surface area (TPSA) is 72.5 Å². The second-order valence-corrected chi connectivity index (χ2v) is 2.35. The summed E-state index contributed by atoms with van der Waals surface area (Å²) in [5.74, 6) is -0.107. The molecule has 1 unspecified atom stereocenters. The molecule has 0 amide bonds. The Morgan fingerprint density at radius 3 is 2.67 bits per heavy atom. The van der Waals surface area contributed by atoms with Crippen LogP contribution in [0.1, 0.15) is 20.3 Å². The molecule has 0 fully saturated rings. The highest BCUT2D eigenvalue weighted by Gasteiger charge is 2.10. The SMILES string of the molecule is C.COCCCC(=O)C(N)CO. The van der Waals surface area contributed by atoms with Gasteiger partial charge in [-0.3, -0.25) is 4.79 Å². The van der Waals surface area contributed by atoms with Crippen LogP contribution in [0.5, 0.6) is 0 Å². The van der Waals surface area contributed by atoms with Gasteiger partial charge in [-0.25, -0.2) is 0 Å². The minimum Gasteiger partial charge on any atom is -0.394 e. The quantitative estimate of drug-likeness (QED) is 0.557. The molecule has 74 valence electrons. The number of nitrogens with two attached hydrogens (primary N) is 1. The van der Waals surface area contributed by atoms with Crippen LogP contribution in [0.15, 0.2) is 0 Å². The Labute approximate surface area is 73.7 Å². The van der Waals surface area contributed by atoms with E-state index < -0.39 is 6.04 Å². The van der Waals surface area contributed by atoms with Crippen LogP contribution < -0.4 is 5.73 Å². The number of hydrogen-bond acceptors (Lipinski definition) is 4. The van der Waals surface area contributed by atoms with Gasteiger partial charge in [0.15, 0.2) is 5.78 Å². The van der Waals surface area contributed by atoms with E-state index in [1.807, 2.05) is 0 Å². The predicted molar refractivity (Wildman–Crippen MR) is 47.9 cm³/mol. The van der Waals surface area contributed by atoms with Gasteiger partial charge in [0.2, 0.25) is 0 Å². The lowest BCUT2D eigenvalue weighted by atomic mass is 10.1. The Hall–Kier alpha value is -0.450. The van der Waals surface area contributed by atoms with Crippen molar-refractivity contribution in [1.82, 2.24) is 0 Å². The molecule has 0 radical (unpaired) electrons. The van der Waals surface area contributed by atoms with Crippen LogP contribution in [-0.2, 0) is 9.53 Å². The number of Topliss-reactive ketones (excluding diaryl/α,β-unsaturated/α-hetero) is 1. The minimum absolute atomic E-state index is 0. The van der Waals surface area contributed by atoms with Gasteiger partial charge in [-0.2, -0.15) is 0 Å². The van der Waals surface area contributed by atoms with Gasteiger partial charge in [-0.1, -0.05) is 7.43 Å². The zero-order valence-electron chi connectivity index (χ0n) is 6.75. The molecule has 0 heterocycles. The first-order valence-electron chi connectivity index (χ1n) is 3.60. The van der Waals surface area contributed by atoms with Gasteiger partial charge in [0.05, 0.1) is 12.6 Å². The molecule has 0 aromatic carbocycles. The Balaban J connectivity index is 0. The van der Waals surface area contributed by atoms with Crippen molar-refractivity contribution in [1.29, 1.82) is 0 Å². The summed E-state index contributed by atoms with van der Waals surface area (Å²) in [6, 6.07) is -0.716. The molecule has 0 aromatic heterocycles. The number of aliphatic hydroxyl groups is 1. The summed E-state index contributed by atoms with van der Waals surface area (Å²) >= 11 is 0. The number of aliphatic hydroxyl groups excluding tert-OH is 1. The summed E-state index contributed by atoms with van der Waals surface area (Å²) in [4.78, 5) is 10.9. The van der Waals surface area contributed by atoms with Gasteiger partial charge in [0.1, 0.15) is 0 Å². The van der Waals surface area contributed by atoms with Crippen LogP contribution in [-0.4, -0.2) is 37.3 Å². The van der Waals surface area contributed by atoms with E-state index in [2.05, 4.69) is 0 Å². The molecule has 4 heteroatoms. The number of carbonyl (C=O) groups excluding carboxylic acids is 1. The normalized spacial score (nSPS) is 11.9. The van der Waals surface area contributed by atoms with Gasteiger partial charge in [-0.05, 0) is 6.42 Å². The number of rotatable bonds is 6. The maximum absolute atomic E-state index is 10.9. The fourth-order valence-electron chi connectivity index (χ4n) is 0.678. The average Bonchev–Trinajstić information content (AvgIpc) is 2.03. The maximum Gasteiger partial charge on any atom is 0.151 e. The van der Waals surface area contributed by atoms with E-state index in [-0.39, 0.29) is 19.8 Å². The van der Waals surface area contributed by atoms with E-state index in [4.69, 9.17) is 15.6 Å². The molecular weight excluding hydrogens is 158 g/mol. The van der Waals surface area contributed by atoms with Gasteiger partial charge in [0, 0.05) is 20.1 Å². The van der Waals surface area contributed by atoms with Crippen molar-refractivity contribution in [3.63, 3.8) is 0 Å². The van der Waals surface area contributed by atoms with Gasteiger partial charge < -0.3 is 15.6 Å². The molecule has 0 aliphatic heterocycles. The van der Waals surface area contributed by atoms with Crippen LogP contribution in [0.4, 0.5) is 0 Å². The summed E-state index contributed by atoms with van der Waals surface area (Å²) in [5, 5.41) is 8.48. The van der Waals surface area contributed by atoms with Crippen LogP contribution in [0.25, 0.3) is 0 Å². The first kappa shape index (κ1) is 14.1. The van der Waals surface area contributed by atoms with Crippen molar-refractivity contribution in [3.8, 4) is 0 Å². The minimum atomic E-state index is -0.716. The molecule has 1 atom stereocenters. The highest BCUT2D eigenvalue weighted by atomic mass is 16.5. The van der Waals surface area contributed by atoms with Crippen molar-refractivity contribution < 1.29 is 14.6 Å². The van der Waals surface area contributed by atoms with Crippen molar-refractivity contribution >= 4 is 5.78 Å². The first-order valence-corrected chi connectivity index (χ1v) is 3.60. The molecule has 0 aromatic rings. The molecule has 0 spiro atoms. The molecule has 0 bridgehead atoms. The number of carbonyl (C=O) groups is 1. The average molecular weight is 177 g/mol. The maximum atomic E-state index is 10.9. The van der Waals surface area contributed by atoms with E-state index in [9.17, 15) is 4.79 Å².